The van der Waals surface area contributed by atoms with Gasteiger partial charge >= 0.3 is 6.09 Å². The van der Waals surface area contributed by atoms with Crippen LogP contribution < -0.4 is 0 Å². The number of aliphatic hydroxyl groups excluding tert-OH is 1. The fourth-order valence-corrected chi connectivity index (χ4v) is 3.80. The zero-order valence-electron chi connectivity index (χ0n) is 17.8. The molecule has 0 radical (unpaired) electrons. The van der Waals surface area contributed by atoms with E-state index < -0.39 is 54.3 Å². The van der Waals surface area contributed by atoms with E-state index in [2.05, 4.69) is 6.92 Å². The molecule has 2 aliphatic heterocycles. The topological polar surface area (TPSA) is 94.5 Å². The van der Waals surface area contributed by atoms with Crippen LogP contribution in [0.1, 0.15) is 54.4 Å². The van der Waals surface area contributed by atoms with Crippen molar-refractivity contribution in [2.75, 3.05) is 19.8 Å². The number of nitrogens with zero attached hydrogens (tertiary/aromatic N) is 1. The smallest absolute Gasteiger partial charge is 0.411 e. The molecule has 2 aliphatic rings. The fourth-order valence-electron chi connectivity index (χ4n) is 3.80. The highest BCUT2D eigenvalue weighted by Gasteiger charge is 2.61. The highest BCUT2D eigenvalue weighted by atomic mass is 16.8. The predicted octanol–water partition coefficient (Wildman–Crippen LogP) is 2.12. The van der Waals surface area contributed by atoms with Crippen molar-refractivity contribution in [1.29, 1.82) is 0 Å². The van der Waals surface area contributed by atoms with Crippen molar-refractivity contribution >= 4 is 12.4 Å². The van der Waals surface area contributed by atoms with Gasteiger partial charge < -0.3 is 28.8 Å². The van der Waals surface area contributed by atoms with Crippen molar-refractivity contribution in [3.8, 4) is 0 Å². The first-order valence-corrected chi connectivity index (χ1v) is 10.1. The van der Waals surface area contributed by atoms with E-state index in [9.17, 15) is 14.7 Å². The third-order valence-corrected chi connectivity index (χ3v) is 4.92. The molecule has 2 saturated heterocycles. The van der Waals surface area contributed by atoms with Gasteiger partial charge in [0, 0.05) is 6.61 Å². The molecular formula is C20H35NO7. The zero-order valence-corrected chi connectivity index (χ0v) is 17.8. The van der Waals surface area contributed by atoms with Crippen LogP contribution in [0.15, 0.2) is 0 Å². The molecule has 2 heterocycles. The average molecular weight is 402 g/mol. The second-order valence-corrected chi connectivity index (χ2v) is 8.92. The Labute approximate surface area is 167 Å². The summed E-state index contributed by atoms with van der Waals surface area (Å²) in [5.41, 5.74) is -0.705. The molecule has 5 atom stereocenters. The van der Waals surface area contributed by atoms with E-state index in [-0.39, 0.29) is 6.61 Å². The number of carbonyl (C=O) groups is 2. The Morgan fingerprint density at radius 3 is 2.46 bits per heavy atom. The summed E-state index contributed by atoms with van der Waals surface area (Å²) in [7, 11) is 0. The predicted molar refractivity (Wildman–Crippen MR) is 102 cm³/mol. The summed E-state index contributed by atoms with van der Waals surface area (Å²) in [6.07, 6.45) is 0.981. The molecule has 0 aromatic carbocycles. The molecule has 28 heavy (non-hydrogen) atoms. The molecule has 0 aliphatic carbocycles. The standard InChI is InChI=1S/C20H35NO7/c1-7-8-9-25-12-14-16-17(27-20(5,6)26-16)15(13(10-22)11-23)21(14)18(24)28-19(2,3)4/h10,13-17,23H,7-9,11-12H2,1-6H3/t13?,14-,15?,16-,17+/m1/s1. The summed E-state index contributed by atoms with van der Waals surface area (Å²) in [4.78, 5) is 26.2. The molecule has 0 spiro atoms. The fraction of sp³-hybridized carbons (Fsp3) is 0.900. The van der Waals surface area contributed by atoms with Gasteiger partial charge in [0.2, 0.25) is 0 Å². The lowest BCUT2D eigenvalue weighted by atomic mass is 9.96. The van der Waals surface area contributed by atoms with Gasteiger partial charge in [-0.3, -0.25) is 4.90 Å². The van der Waals surface area contributed by atoms with Gasteiger partial charge in [0.05, 0.1) is 31.2 Å². The summed E-state index contributed by atoms with van der Waals surface area (Å²) < 4.78 is 23.5. The minimum Gasteiger partial charge on any atom is -0.444 e. The third-order valence-electron chi connectivity index (χ3n) is 4.92. The molecular weight excluding hydrogens is 366 g/mol. The number of rotatable bonds is 8. The van der Waals surface area contributed by atoms with Crippen LogP contribution in [0.3, 0.4) is 0 Å². The Balaban J connectivity index is 2.34. The van der Waals surface area contributed by atoms with Crippen molar-refractivity contribution in [3.63, 3.8) is 0 Å². The molecule has 8 nitrogen and oxygen atoms in total. The summed E-state index contributed by atoms with van der Waals surface area (Å²) in [6.45, 7) is 11.4. The Morgan fingerprint density at radius 1 is 1.29 bits per heavy atom. The van der Waals surface area contributed by atoms with Crippen LogP contribution in [-0.2, 0) is 23.7 Å². The van der Waals surface area contributed by atoms with Crippen molar-refractivity contribution in [2.45, 2.75) is 90.1 Å². The first-order chi connectivity index (χ1) is 13.0. The molecule has 2 rings (SSSR count). The maximum Gasteiger partial charge on any atom is 0.411 e. The largest absolute Gasteiger partial charge is 0.444 e. The van der Waals surface area contributed by atoms with Crippen molar-refractivity contribution < 1.29 is 33.6 Å². The maximum atomic E-state index is 13.0. The molecule has 2 unspecified atom stereocenters. The Bertz CT molecular complexity index is 545. The van der Waals surface area contributed by atoms with E-state index >= 15 is 0 Å². The molecule has 0 saturated carbocycles. The lowest BCUT2D eigenvalue weighted by molar-refractivity contribution is -0.173. The monoisotopic (exact) mass is 401 g/mol. The molecule has 0 bridgehead atoms. The van der Waals surface area contributed by atoms with Gasteiger partial charge in [-0.1, -0.05) is 13.3 Å². The first-order valence-electron chi connectivity index (χ1n) is 10.1. The molecule has 2 fully saturated rings. The van der Waals surface area contributed by atoms with Gasteiger partial charge in [-0.25, -0.2) is 4.79 Å². The minimum atomic E-state index is -0.849. The first kappa shape index (κ1) is 23.1. The second-order valence-electron chi connectivity index (χ2n) is 8.92. The van der Waals surface area contributed by atoms with Gasteiger partial charge in [-0.2, -0.15) is 0 Å². The van der Waals surface area contributed by atoms with Gasteiger partial charge in [0.15, 0.2) is 5.79 Å². The quantitative estimate of drug-likeness (QED) is 0.492. The van der Waals surface area contributed by atoms with Gasteiger partial charge in [0.1, 0.15) is 24.1 Å². The number of hydrogen-bond donors (Lipinski definition) is 1. The highest BCUT2D eigenvalue weighted by Crippen LogP contribution is 2.43. The van der Waals surface area contributed by atoms with Crippen LogP contribution in [0, 0.1) is 5.92 Å². The van der Waals surface area contributed by atoms with Crippen molar-refractivity contribution in [2.24, 2.45) is 5.92 Å². The second kappa shape index (κ2) is 9.07. The Hall–Kier alpha value is -1.22. The number of hydrogen-bond acceptors (Lipinski definition) is 7. The van der Waals surface area contributed by atoms with Gasteiger partial charge in [-0.15, -0.1) is 0 Å². The summed E-state index contributed by atoms with van der Waals surface area (Å²) >= 11 is 0. The van der Waals surface area contributed by atoms with E-state index in [1.165, 1.54) is 4.90 Å². The number of aliphatic hydroxyl groups is 1. The van der Waals surface area contributed by atoms with E-state index in [1.807, 2.05) is 0 Å². The van der Waals surface area contributed by atoms with Crippen molar-refractivity contribution in [3.05, 3.63) is 0 Å². The van der Waals surface area contributed by atoms with Gasteiger partial charge in [-0.05, 0) is 41.0 Å². The van der Waals surface area contributed by atoms with Crippen LogP contribution in [0.2, 0.25) is 0 Å². The number of likely N-dealkylation sites (tertiary alicyclic amines) is 1. The molecule has 0 aromatic heterocycles. The summed E-state index contributed by atoms with van der Waals surface area (Å²) in [5, 5.41) is 9.76. The summed E-state index contributed by atoms with van der Waals surface area (Å²) in [6, 6.07) is -1.17. The lowest BCUT2D eigenvalue weighted by Gasteiger charge is -2.36. The highest BCUT2D eigenvalue weighted by molar-refractivity contribution is 5.71. The maximum absolute atomic E-state index is 13.0. The number of unbranched alkanes of at least 4 members (excludes halogenated alkanes) is 1. The van der Waals surface area contributed by atoms with Crippen LogP contribution in [0.25, 0.3) is 0 Å². The van der Waals surface area contributed by atoms with E-state index in [0.717, 1.165) is 12.8 Å². The molecule has 1 amide bonds. The number of aldehydes is 1. The van der Waals surface area contributed by atoms with E-state index in [1.54, 1.807) is 34.6 Å². The summed E-state index contributed by atoms with van der Waals surface area (Å²) in [5.74, 6) is -1.66. The third kappa shape index (κ3) is 5.23. The number of ether oxygens (including phenoxy) is 4. The SMILES string of the molecule is CCCCOC[C@@H]1[C@H]2OC(C)(C)O[C@H]2C(C(C=O)CO)N1C(=O)OC(C)(C)C. The van der Waals surface area contributed by atoms with E-state index in [0.29, 0.717) is 12.9 Å². The Kier molecular flexibility index (Phi) is 7.47. The molecule has 8 heteroatoms. The molecule has 162 valence electrons. The zero-order chi connectivity index (χ0) is 21.1. The van der Waals surface area contributed by atoms with E-state index in [4.69, 9.17) is 18.9 Å². The minimum absolute atomic E-state index is 0.243. The number of carbonyl (C=O) groups excluding carboxylic acids is 2. The van der Waals surface area contributed by atoms with Gasteiger partial charge in [0.25, 0.3) is 0 Å². The lowest BCUT2D eigenvalue weighted by Crippen LogP contribution is -2.53. The van der Waals surface area contributed by atoms with Crippen LogP contribution in [0.4, 0.5) is 4.79 Å². The normalized spacial score (nSPS) is 30.2. The number of fused-ring (bicyclic) bond motifs is 1. The number of amides is 1. The van der Waals surface area contributed by atoms with Crippen molar-refractivity contribution in [1.82, 2.24) is 4.90 Å². The van der Waals surface area contributed by atoms with Crippen LogP contribution in [-0.4, -0.2) is 77.9 Å². The van der Waals surface area contributed by atoms with Crippen LogP contribution in [0.5, 0.6) is 0 Å². The van der Waals surface area contributed by atoms with Crippen LogP contribution >= 0.6 is 0 Å². The Morgan fingerprint density at radius 2 is 1.93 bits per heavy atom. The average Bonchev–Trinajstić information content (AvgIpc) is 3.03. The molecule has 1 N–H and O–H groups in total. The molecule has 0 aromatic rings.